The second kappa shape index (κ2) is 6.82. The van der Waals surface area contributed by atoms with Crippen molar-refractivity contribution in [1.82, 2.24) is 0 Å². The molecule has 1 fully saturated rings. The van der Waals surface area contributed by atoms with Gasteiger partial charge in [-0.3, -0.25) is 0 Å². The zero-order chi connectivity index (χ0) is 15.3. The molecule has 2 rings (SSSR count). The maximum atomic E-state index is 8.49. The smallest absolute Gasteiger partial charge is 0.174 e. The van der Waals surface area contributed by atoms with Crippen LogP contribution in [0.3, 0.4) is 0 Å². The van der Waals surface area contributed by atoms with E-state index in [2.05, 4.69) is 26.1 Å². The van der Waals surface area contributed by atoms with Crippen LogP contribution in [0.5, 0.6) is 5.75 Å². The summed E-state index contributed by atoms with van der Waals surface area (Å²) in [6.45, 7) is 7.42. The number of hydrogen-bond donors (Lipinski definition) is 1. The monoisotopic (exact) mass is 288 g/mol. The molecule has 0 radical (unpaired) electrons. The van der Waals surface area contributed by atoms with Gasteiger partial charge in [0.05, 0.1) is 6.10 Å². The average Bonchev–Trinajstić information content (AvgIpc) is 2.52. The molecule has 1 aromatic carbocycles. The number of hydrogen-bond acceptors (Lipinski definition) is 4. The van der Waals surface area contributed by atoms with Crippen molar-refractivity contribution < 1.29 is 9.47 Å². The summed E-state index contributed by atoms with van der Waals surface area (Å²) in [6.07, 6.45) is 2.49. The molecular formula is C17H24N2O2. The van der Waals surface area contributed by atoms with Crippen LogP contribution in [-0.4, -0.2) is 25.4 Å². The zero-order valence-corrected chi connectivity index (χ0v) is 13.1. The van der Waals surface area contributed by atoms with Crippen LogP contribution in [0.15, 0.2) is 24.3 Å². The van der Waals surface area contributed by atoms with Crippen LogP contribution in [0.4, 0.5) is 5.69 Å². The molecule has 114 valence electrons. The number of rotatable bonds is 7. The first-order valence-electron chi connectivity index (χ1n) is 7.62. The molecule has 3 atom stereocenters. The molecule has 4 heteroatoms. The molecule has 1 saturated carbocycles. The Kier molecular flexibility index (Phi) is 5.08. The van der Waals surface area contributed by atoms with E-state index < -0.39 is 0 Å². The molecule has 0 heterocycles. The van der Waals surface area contributed by atoms with Gasteiger partial charge >= 0.3 is 0 Å². The molecule has 1 aromatic rings. The van der Waals surface area contributed by atoms with Gasteiger partial charge in [0.15, 0.2) is 6.61 Å². The van der Waals surface area contributed by atoms with Crippen molar-refractivity contribution in [2.75, 3.05) is 18.5 Å². The molecule has 4 nitrogen and oxygen atoms in total. The molecule has 0 amide bonds. The molecule has 3 unspecified atom stereocenters. The number of nitriles is 1. The Bertz CT molecular complexity index is 495. The Balaban J connectivity index is 1.94. The molecule has 21 heavy (non-hydrogen) atoms. The second-order valence-electron chi connectivity index (χ2n) is 5.71. The topological polar surface area (TPSA) is 54.3 Å². The lowest BCUT2D eigenvalue weighted by Crippen LogP contribution is -2.59. The first-order chi connectivity index (χ1) is 10.1. The van der Waals surface area contributed by atoms with E-state index >= 15 is 0 Å². The van der Waals surface area contributed by atoms with E-state index in [9.17, 15) is 0 Å². The first-order valence-corrected chi connectivity index (χ1v) is 7.62. The second-order valence-corrected chi connectivity index (χ2v) is 5.71. The van der Waals surface area contributed by atoms with E-state index in [1.54, 1.807) is 0 Å². The minimum Gasteiger partial charge on any atom is -0.479 e. The summed E-state index contributed by atoms with van der Waals surface area (Å²) in [7, 11) is 0. The molecule has 0 aromatic heterocycles. The third-order valence-corrected chi connectivity index (χ3v) is 4.61. The van der Waals surface area contributed by atoms with Gasteiger partial charge in [-0.15, -0.1) is 0 Å². The molecule has 0 aliphatic heterocycles. The average molecular weight is 288 g/mol. The van der Waals surface area contributed by atoms with Gasteiger partial charge in [0, 0.05) is 23.8 Å². The van der Waals surface area contributed by atoms with Crippen molar-refractivity contribution in [3.8, 4) is 11.8 Å². The standard InChI is InChI=1S/C17H24N2O2/c1-4-17(3)15(12-16(17)20-5-2)19-13-6-8-14(9-7-13)21-11-10-18/h6-9,15-16,19H,4-5,11-12H2,1-3H3. The first kappa shape index (κ1) is 15.7. The van der Waals surface area contributed by atoms with Crippen molar-refractivity contribution >= 4 is 5.69 Å². The highest BCUT2D eigenvalue weighted by molar-refractivity contribution is 5.48. The Morgan fingerprint density at radius 2 is 2.05 bits per heavy atom. The lowest BCUT2D eigenvalue weighted by Gasteiger charge is -2.54. The molecule has 0 spiro atoms. The Morgan fingerprint density at radius 1 is 1.33 bits per heavy atom. The minimum atomic E-state index is 0.0827. The van der Waals surface area contributed by atoms with Crippen molar-refractivity contribution in [2.45, 2.75) is 45.8 Å². The number of nitrogens with one attached hydrogen (secondary N) is 1. The highest BCUT2D eigenvalue weighted by Gasteiger charge is 2.51. The fraction of sp³-hybridized carbons (Fsp3) is 0.588. The van der Waals surface area contributed by atoms with Crippen molar-refractivity contribution in [3.63, 3.8) is 0 Å². The normalized spacial score (nSPS) is 27.5. The highest BCUT2D eigenvalue weighted by atomic mass is 16.5. The van der Waals surface area contributed by atoms with E-state index in [1.165, 1.54) is 0 Å². The molecule has 1 aliphatic rings. The summed E-state index contributed by atoms with van der Waals surface area (Å²) in [5, 5.41) is 12.1. The van der Waals surface area contributed by atoms with Gasteiger partial charge < -0.3 is 14.8 Å². The van der Waals surface area contributed by atoms with Gasteiger partial charge in [0.1, 0.15) is 11.8 Å². The van der Waals surface area contributed by atoms with Gasteiger partial charge in [-0.25, -0.2) is 0 Å². The van der Waals surface area contributed by atoms with Crippen LogP contribution < -0.4 is 10.1 Å². The molecule has 0 saturated heterocycles. The highest BCUT2D eigenvalue weighted by Crippen LogP contribution is 2.47. The van der Waals surface area contributed by atoms with Crippen molar-refractivity contribution in [1.29, 1.82) is 5.26 Å². The van der Waals surface area contributed by atoms with Crippen LogP contribution in [0.25, 0.3) is 0 Å². The lowest BCUT2D eigenvalue weighted by molar-refractivity contribution is -0.109. The summed E-state index contributed by atoms with van der Waals surface area (Å²) in [5.74, 6) is 0.723. The fourth-order valence-corrected chi connectivity index (χ4v) is 2.94. The zero-order valence-electron chi connectivity index (χ0n) is 13.1. The third kappa shape index (κ3) is 3.30. The van der Waals surface area contributed by atoms with Gasteiger partial charge in [-0.1, -0.05) is 13.8 Å². The number of nitrogens with zero attached hydrogens (tertiary/aromatic N) is 1. The maximum Gasteiger partial charge on any atom is 0.174 e. The van der Waals surface area contributed by atoms with Gasteiger partial charge in [-0.2, -0.15) is 5.26 Å². The Labute approximate surface area is 127 Å². The lowest BCUT2D eigenvalue weighted by atomic mass is 9.61. The van der Waals surface area contributed by atoms with Gasteiger partial charge in [0.2, 0.25) is 0 Å². The summed E-state index contributed by atoms with van der Waals surface area (Å²) in [4.78, 5) is 0. The summed E-state index contributed by atoms with van der Waals surface area (Å²) < 4.78 is 11.1. The van der Waals surface area contributed by atoms with Crippen LogP contribution in [-0.2, 0) is 4.74 Å². The summed E-state index contributed by atoms with van der Waals surface area (Å²) >= 11 is 0. The van der Waals surface area contributed by atoms with E-state index in [-0.39, 0.29) is 12.0 Å². The number of anilines is 1. The van der Waals surface area contributed by atoms with E-state index in [4.69, 9.17) is 14.7 Å². The molecular weight excluding hydrogens is 264 g/mol. The van der Waals surface area contributed by atoms with Gasteiger partial charge in [-0.05, 0) is 44.0 Å². The fourth-order valence-electron chi connectivity index (χ4n) is 2.94. The van der Waals surface area contributed by atoms with Crippen LogP contribution in [0, 0.1) is 16.7 Å². The molecule has 1 N–H and O–H groups in total. The third-order valence-electron chi connectivity index (χ3n) is 4.61. The Morgan fingerprint density at radius 3 is 2.62 bits per heavy atom. The predicted octanol–water partition coefficient (Wildman–Crippen LogP) is 3.59. The van der Waals surface area contributed by atoms with Crippen LogP contribution >= 0.6 is 0 Å². The molecule has 0 bridgehead atoms. The van der Waals surface area contributed by atoms with E-state index in [0.29, 0.717) is 12.1 Å². The van der Waals surface area contributed by atoms with Crippen molar-refractivity contribution in [2.24, 2.45) is 5.41 Å². The van der Waals surface area contributed by atoms with Crippen LogP contribution in [0.2, 0.25) is 0 Å². The van der Waals surface area contributed by atoms with Crippen molar-refractivity contribution in [3.05, 3.63) is 24.3 Å². The predicted molar refractivity (Wildman–Crippen MR) is 83.4 cm³/mol. The SMILES string of the molecule is CCOC1CC(Nc2ccc(OCC#N)cc2)C1(C)CC. The minimum absolute atomic E-state index is 0.0827. The summed E-state index contributed by atoms with van der Waals surface area (Å²) in [5.41, 5.74) is 1.27. The number of benzene rings is 1. The quantitative estimate of drug-likeness (QED) is 0.833. The van der Waals surface area contributed by atoms with Gasteiger partial charge in [0.25, 0.3) is 0 Å². The summed E-state index contributed by atoms with van der Waals surface area (Å²) in [6, 6.07) is 10.2. The van der Waals surface area contributed by atoms with E-state index in [0.717, 1.165) is 30.9 Å². The van der Waals surface area contributed by atoms with E-state index in [1.807, 2.05) is 30.3 Å². The molecule has 1 aliphatic carbocycles. The van der Waals surface area contributed by atoms with Crippen LogP contribution in [0.1, 0.15) is 33.6 Å². The maximum absolute atomic E-state index is 8.49. The largest absolute Gasteiger partial charge is 0.479 e. The number of ether oxygens (including phenoxy) is 2. The Hall–Kier alpha value is -1.73.